The van der Waals surface area contributed by atoms with Crippen LogP contribution in [0, 0.1) is 5.92 Å². The number of rotatable bonds is 5. The van der Waals surface area contributed by atoms with Gasteiger partial charge in [0.1, 0.15) is 11.5 Å². The fourth-order valence-electron chi connectivity index (χ4n) is 4.92. The molecule has 1 fully saturated rings. The van der Waals surface area contributed by atoms with Crippen molar-refractivity contribution in [3.63, 3.8) is 0 Å². The third kappa shape index (κ3) is 4.99. The molecule has 1 unspecified atom stereocenters. The van der Waals surface area contributed by atoms with Gasteiger partial charge in [0.15, 0.2) is 5.78 Å². The van der Waals surface area contributed by atoms with Crippen LogP contribution in [0.1, 0.15) is 71.7 Å². The van der Waals surface area contributed by atoms with Crippen LogP contribution in [0.2, 0.25) is 0 Å². The van der Waals surface area contributed by atoms with Gasteiger partial charge in [-0.05, 0) is 61.4 Å². The highest BCUT2D eigenvalue weighted by atomic mass is 16.4. The summed E-state index contributed by atoms with van der Waals surface area (Å²) in [5, 5.41) is 16.8. The topological polar surface area (TPSA) is 109 Å². The van der Waals surface area contributed by atoms with Gasteiger partial charge in [0, 0.05) is 30.1 Å². The normalized spacial score (nSPS) is 16.5. The summed E-state index contributed by atoms with van der Waals surface area (Å²) in [4.78, 5) is 38.4. The highest BCUT2D eigenvalue weighted by molar-refractivity contribution is 6.00. The monoisotopic (exact) mass is 472 g/mol. The maximum Gasteiger partial charge on any atom is 0.343 e. The Labute approximate surface area is 203 Å². The second-order valence-corrected chi connectivity index (χ2v) is 9.32. The molecule has 3 N–H and O–H groups in total. The molecule has 7 heteroatoms. The number of hydrogen-bond donors (Lipinski definition) is 3. The highest BCUT2D eigenvalue weighted by Gasteiger charge is 2.39. The van der Waals surface area contributed by atoms with Crippen molar-refractivity contribution in [3.05, 3.63) is 87.5 Å². The second kappa shape index (κ2) is 9.78. The number of amides is 2. The van der Waals surface area contributed by atoms with Crippen LogP contribution in [0.3, 0.4) is 0 Å². The molecule has 1 heterocycles. The predicted octanol–water partition coefficient (Wildman–Crippen LogP) is 5.83. The summed E-state index contributed by atoms with van der Waals surface area (Å²) in [6.07, 6.45) is 5.07. The Morgan fingerprint density at radius 3 is 2.40 bits per heavy atom. The van der Waals surface area contributed by atoms with Crippen LogP contribution in [0.15, 0.2) is 63.8 Å². The fourth-order valence-corrected chi connectivity index (χ4v) is 4.92. The van der Waals surface area contributed by atoms with Crippen LogP contribution < -0.4 is 16.3 Å². The van der Waals surface area contributed by atoms with Crippen LogP contribution >= 0.6 is 0 Å². The van der Waals surface area contributed by atoms with Crippen LogP contribution in [-0.4, -0.2) is 16.9 Å². The van der Waals surface area contributed by atoms with Crippen LogP contribution in [0.4, 0.5) is 16.2 Å². The molecular weight excluding hydrogens is 444 g/mol. The maximum atomic E-state index is 13.1. The lowest BCUT2D eigenvalue weighted by atomic mass is 9.85. The minimum Gasteiger partial charge on any atom is -0.506 e. The Morgan fingerprint density at radius 2 is 1.63 bits per heavy atom. The van der Waals surface area contributed by atoms with Crippen LogP contribution in [0.25, 0.3) is 0 Å². The first-order valence-electron chi connectivity index (χ1n) is 12.2. The molecule has 3 aromatic rings. The molecule has 0 spiro atoms. The fraction of sp³-hybridized carbons (Fsp3) is 0.321. The zero-order chi connectivity index (χ0) is 24.4. The number of Topliss-reactive ketones (excluding diaryl/α,β-unsaturated/α-hetero) is 1. The molecule has 5 rings (SSSR count). The molecule has 2 aliphatic rings. The van der Waals surface area contributed by atoms with Gasteiger partial charge in [-0.1, -0.05) is 36.8 Å². The number of carbonyl (C=O) groups excluding carboxylic acids is 2. The molecule has 0 saturated heterocycles. The van der Waals surface area contributed by atoms with Crippen LogP contribution in [0.5, 0.6) is 5.75 Å². The summed E-state index contributed by atoms with van der Waals surface area (Å²) in [6.45, 7) is 0. The molecule has 35 heavy (non-hydrogen) atoms. The van der Waals surface area contributed by atoms with Gasteiger partial charge in [-0.15, -0.1) is 0 Å². The SMILES string of the molecule is O=C(Nc1ccccc1)Nc1cccc(C(c2c(O)c3c(oc2=O)CCCCCC3=O)C2CC2)c1. The van der Waals surface area contributed by atoms with E-state index in [0.717, 1.165) is 37.7 Å². The van der Waals surface area contributed by atoms with E-state index in [-0.39, 0.29) is 34.6 Å². The lowest BCUT2D eigenvalue weighted by Gasteiger charge is -2.21. The third-order valence-electron chi connectivity index (χ3n) is 6.73. The van der Waals surface area contributed by atoms with E-state index in [2.05, 4.69) is 10.6 Å². The molecule has 7 nitrogen and oxygen atoms in total. The number of nitrogens with one attached hydrogen (secondary N) is 2. The van der Waals surface area contributed by atoms with E-state index in [9.17, 15) is 19.5 Å². The number of benzene rings is 2. The van der Waals surface area contributed by atoms with E-state index < -0.39 is 11.5 Å². The summed E-state index contributed by atoms with van der Waals surface area (Å²) in [5.41, 5.74) is 1.74. The van der Waals surface area contributed by atoms with Gasteiger partial charge in [0.25, 0.3) is 0 Å². The van der Waals surface area contributed by atoms with Gasteiger partial charge < -0.3 is 20.2 Å². The van der Waals surface area contributed by atoms with Gasteiger partial charge in [0.2, 0.25) is 0 Å². The van der Waals surface area contributed by atoms with Gasteiger partial charge in [-0.3, -0.25) is 4.79 Å². The minimum atomic E-state index is -0.591. The van der Waals surface area contributed by atoms with E-state index >= 15 is 0 Å². The summed E-state index contributed by atoms with van der Waals surface area (Å²) in [6, 6.07) is 16.0. The summed E-state index contributed by atoms with van der Waals surface area (Å²) < 4.78 is 5.64. The molecular formula is C28H28N2O5. The number of urea groups is 1. The molecule has 1 atom stereocenters. The van der Waals surface area contributed by atoms with E-state index in [4.69, 9.17) is 4.42 Å². The zero-order valence-corrected chi connectivity index (χ0v) is 19.4. The third-order valence-corrected chi connectivity index (χ3v) is 6.73. The average molecular weight is 473 g/mol. The Hall–Kier alpha value is -3.87. The molecule has 1 saturated carbocycles. The smallest absolute Gasteiger partial charge is 0.343 e. The molecule has 0 radical (unpaired) electrons. The number of hydrogen-bond acceptors (Lipinski definition) is 5. The van der Waals surface area contributed by atoms with Gasteiger partial charge in [-0.25, -0.2) is 9.59 Å². The van der Waals surface area contributed by atoms with Crippen molar-refractivity contribution in [1.29, 1.82) is 0 Å². The number of carbonyl (C=O) groups is 2. The second-order valence-electron chi connectivity index (χ2n) is 9.32. The number of fused-ring (bicyclic) bond motifs is 1. The number of aryl methyl sites for hydroxylation is 1. The van der Waals surface area contributed by atoms with E-state index in [1.54, 1.807) is 24.3 Å². The first-order valence-corrected chi connectivity index (χ1v) is 12.2. The molecule has 180 valence electrons. The van der Waals surface area contributed by atoms with Crippen molar-refractivity contribution in [1.82, 2.24) is 0 Å². The molecule has 2 aliphatic carbocycles. The lowest BCUT2D eigenvalue weighted by Crippen LogP contribution is -2.21. The zero-order valence-electron chi connectivity index (χ0n) is 19.4. The Balaban J connectivity index is 1.48. The summed E-state index contributed by atoms with van der Waals surface area (Å²) in [5.74, 6) is -0.388. The Bertz CT molecular complexity index is 1310. The van der Waals surface area contributed by atoms with E-state index in [1.807, 2.05) is 30.3 Å². The van der Waals surface area contributed by atoms with Crippen molar-refractivity contribution < 1.29 is 19.1 Å². The Morgan fingerprint density at radius 1 is 0.914 bits per heavy atom. The Kier molecular flexibility index (Phi) is 6.40. The van der Waals surface area contributed by atoms with Crippen molar-refractivity contribution in [2.45, 2.75) is 50.9 Å². The maximum absolute atomic E-state index is 13.1. The summed E-state index contributed by atoms with van der Waals surface area (Å²) >= 11 is 0. The summed E-state index contributed by atoms with van der Waals surface area (Å²) in [7, 11) is 0. The largest absolute Gasteiger partial charge is 0.506 e. The molecule has 0 bridgehead atoms. The number of anilines is 2. The number of ketones is 1. The van der Waals surface area contributed by atoms with Gasteiger partial charge in [0.05, 0.1) is 11.1 Å². The quantitative estimate of drug-likeness (QED) is 0.433. The number of aromatic hydroxyl groups is 1. The lowest BCUT2D eigenvalue weighted by molar-refractivity contribution is 0.0968. The first kappa shape index (κ1) is 22.9. The van der Waals surface area contributed by atoms with Crippen molar-refractivity contribution in [3.8, 4) is 5.75 Å². The standard InChI is InChI=1S/C28H28N2O5/c31-21-12-5-2-6-13-22-24(21)26(32)25(27(33)35-22)23(17-14-15-17)18-8-7-11-20(16-18)30-28(34)29-19-9-3-1-4-10-19/h1,3-4,7-11,16-17,23,32H,2,5-6,12-15H2,(H2,29,30,34). The minimum absolute atomic E-state index is 0.145. The van der Waals surface area contributed by atoms with Crippen molar-refractivity contribution >= 4 is 23.2 Å². The predicted molar refractivity (Wildman–Crippen MR) is 133 cm³/mol. The van der Waals surface area contributed by atoms with Crippen LogP contribution in [-0.2, 0) is 6.42 Å². The van der Waals surface area contributed by atoms with Crippen molar-refractivity contribution in [2.75, 3.05) is 10.6 Å². The highest BCUT2D eigenvalue weighted by Crippen LogP contribution is 2.49. The van der Waals surface area contributed by atoms with Gasteiger partial charge in [-0.2, -0.15) is 0 Å². The van der Waals surface area contributed by atoms with E-state index in [1.165, 1.54) is 0 Å². The van der Waals surface area contributed by atoms with Crippen molar-refractivity contribution in [2.24, 2.45) is 5.92 Å². The van der Waals surface area contributed by atoms with Gasteiger partial charge >= 0.3 is 11.7 Å². The molecule has 0 aliphatic heterocycles. The molecule has 2 amide bonds. The first-order chi connectivity index (χ1) is 17.0. The number of para-hydroxylation sites is 1. The van der Waals surface area contributed by atoms with E-state index in [0.29, 0.717) is 30.0 Å². The molecule has 1 aromatic heterocycles. The molecule has 2 aromatic carbocycles. The average Bonchev–Trinajstić information content (AvgIpc) is 3.66.